The number of halogens is 1. The second-order valence-corrected chi connectivity index (χ2v) is 7.18. The van der Waals surface area contributed by atoms with Gasteiger partial charge in [-0.1, -0.05) is 30.3 Å². The Hall–Kier alpha value is -2.29. The molecule has 1 heterocycles. The molecule has 0 fully saturated rings. The van der Waals surface area contributed by atoms with Crippen molar-refractivity contribution in [3.05, 3.63) is 59.2 Å². The monoisotopic (exact) mass is 522 g/mol. The SMILES string of the molecule is CN=C(NCCc1ccc(C)c(OC)c1)NCC(=O)N1CCCc2ccccc21.I. The predicted molar refractivity (Wildman–Crippen MR) is 133 cm³/mol. The van der Waals surface area contributed by atoms with Crippen molar-refractivity contribution in [1.82, 2.24) is 10.6 Å². The molecule has 6 nitrogen and oxygen atoms in total. The van der Waals surface area contributed by atoms with E-state index in [2.05, 4.69) is 39.9 Å². The molecule has 2 aromatic carbocycles. The zero-order chi connectivity index (χ0) is 20.6. The molecule has 2 N–H and O–H groups in total. The molecule has 0 saturated carbocycles. The number of amides is 1. The Morgan fingerprint density at radius 3 is 2.77 bits per heavy atom. The van der Waals surface area contributed by atoms with Gasteiger partial charge >= 0.3 is 0 Å². The van der Waals surface area contributed by atoms with Gasteiger partial charge in [-0.2, -0.15) is 0 Å². The average molecular weight is 522 g/mol. The van der Waals surface area contributed by atoms with Gasteiger partial charge < -0.3 is 20.3 Å². The van der Waals surface area contributed by atoms with Crippen LogP contribution in [-0.2, 0) is 17.6 Å². The summed E-state index contributed by atoms with van der Waals surface area (Å²) in [6.07, 6.45) is 2.86. The van der Waals surface area contributed by atoms with Crippen LogP contribution in [0, 0.1) is 6.92 Å². The standard InChI is InChI=1S/C23H30N4O2.HI/c1-17-10-11-18(15-21(17)29-3)12-13-25-23(24-2)26-16-22(28)27-14-6-8-19-7-4-5-9-20(19)27;/h4-5,7,9-11,15H,6,8,12-14,16H2,1-3H3,(H2,24,25,26);1H. The van der Waals surface area contributed by atoms with Gasteiger partial charge in [0.15, 0.2) is 5.96 Å². The summed E-state index contributed by atoms with van der Waals surface area (Å²) in [7, 11) is 3.40. The molecule has 1 amide bonds. The van der Waals surface area contributed by atoms with Crippen molar-refractivity contribution in [2.45, 2.75) is 26.2 Å². The third-order valence-electron chi connectivity index (χ3n) is 5.22. The molecule has 0 radical (unpaired) electrons. The number of ether oxygens (including phenoxy) is 1. The number of hydrogen-bond acceptors (Lipinski definition) is 3. The highest BCUT2D eigenvalue weighted by atomic mass is 127. The second-order valence-electron chi connectivity index (χ2n) is 7.18. The average Bonchev–Trinajstić information content (AvgIpc) is 2.76. The molecule has 0 aromatic heterocycles. The van der Waals surface area contributed by atoms with Crippen molar-refractivity contribution in [2.24, 2.45) is 4.99 Å². The maximum Gasteiger partial charge on any atom is 0.246 e. The van der Waals surface area contributed by atoms with E-state index in [4.69, 9.17) is 4.74 Å². The summed E-state index contributed by atoms with van der Waals surface area (Å²) in [5.41, 5.74) is 4.58. The summed E-state index contributed by atoms with van der Waals surface area (Å²) in [5, 5.41) is 6.41. The maximum atomic E-state index is 12.7. The van der Waals surface area contributed by atoms with Gasteiger partial charge in [0, 0.05) is 25.8 Å². The summed E-state index contributed by atoms with van der Waals surface area (Å²) in [6.45, 7) is 3.72. The Labute approximate surface area is 196 Å². The van der Waals surface area contributed by atoms with Crippen molar-refractivity contribution >= 4 is 41.5 Å². The number of carbonyl (C=O) groups is 1. The fourth-order valence-corrected chi connectivity index (χ4v) is 3.61. The molecule has 1 aliphatic rings. The van der Waals surface area contributed by atoms with Crippen LogP contribution in [0.3, 0.4) is 0 Å². The first kappa shape index (κ1) is 24.0. The smallest absolute Gasteiger partial charge is 0.246 e. The van der Waals surface area contributed by atoms with Crippen molar-refractivity contribution in [3.8, 4) is 5.75 Å². The summed E-state index contributed by atoms with van der Waals surface area (Å²) in [6, 6.07) is 14.4. The number of aryl methyl sites for hydroxylation is 2. The fourth-order valence-electron chi connectivity index (χ4n) is 3.61. The van der Waals surface area contributed by atoms with Gasteiger partial charge in [0.1, 0.15) is 5.75 Å². The Kier molecular flexibility index (Phi) is 9.42. The lowest BCUT2D eigenvalue weighted by atomic mass is 10.0. The van der Waals surface area contributed by atoms with E-state index in [9.17, 15) is 4.79 Å². The van der Waals surface area contributed by atoms with Gasteiger partial charge in [0.2, 0.25) is 5.91 Å². The van der Waals surface area contributed by atoms with E-state index in [0.29, 0.717) is 12.5 Å². The van der Waals surface area contributed by atoms with Crippen molar-refractivity contribution < 1.29 is 9.53 Å². The van der Waals surface area contributed by atoms with E-state index in [-0.39, 0.29) is 36.4 Å². The molecule has 0 aliphatic carbocycles. The number of benzene rings is 2. The number of methoxy groups -OCH3 is 1. The van der Waals surface area contributed by atoms with Crippen LogP contribution in [0.25, 0.3) is 0 Å². The summed E-state index contributed by atoms with van der Waals surface area (Å²) < 4.78 is 5.38. The van der Waals surface area contributed by atoms with E-state index in [1.54, 1.807) is 14.2 Å². The van der Waals surface area contributed by atoms with Crippen molar-refractivity contribution in [2.75, 3.05) is 38.7 Å². The minimum atomic E-state index is 0. The number of nitrogens with zero attached hydrogens (tertiary/aromatic N) is 2. The molecule has 0 saturated heterocycles. The lowest BCUT2D eigenvalue weighted by molar-refractivity contribution is -0.117. The van der Waals surface area contributed by atoms with E-state index in [1.165, 1.54) is 11.1 Å². The highest BCUT2D eigenvalue weighted by Gasteiger charge is 2.21. The number of fused-ring (bicyclic) bond motifs is 1. The van der Waals surface area contributed by atoms with Crippen LogP contribution in [0.5, 0.6) is 5.75 Å². The molecule has 2 aromatic rings. The third kappa shape index (κ3) is 6.10. The second kappa shape index (κ2) is 11.8. The molecular weight excluding hydrogens is 491 g/mol. The number of anilines is 1. The van der Waals surface area contributed by atoms with Crippen LogP contribution in [0.2, 0.25) is 0 Å². The lowest BCUT2D eigenvalue weighted by Crippen LogP contribution is -2.46. The molecule has 0 bridgehead atoms. The highest BCUT2D eigenvalue weighted by molar-refractivity contribution is 14.0. The van der Waals surface area contributed by atoms with Gasteiger partial charge in [0.25, 0.3) is 0 Å². The molecule has 0 unspecified atom stereocenters. The molecule has 3 rings (SSSR count). The van der Waals surface area contributed by atoms with E-state index < -0.39 is 0 Å². The van der Waals surface area contributed by atoms with Crippen molar-refractivity contribution in [3.63, 3.8) is 0 Å². The van der Waals surface area contributed by atoms with Gasteiger partial charge in [-0.3, -0.25) is 9.79 Å². The van der Waals surface area contributed by atoms with Gasteiger partial charge in [-0.15, -0.1) is 24.0 Å². The summed E-state index contributed by atoms with van der Waals surface area (Å²) in [4.78, 5) is 18.8. The minimum absolute atomic E-state index is 0. The zero-order valence-corrected chi connectivity index (χ0v) is 20.2. The topological polar surface area (TPSA) is 66.0 Å². The van der Waals surface area contributed by atoms with Crippen molar-refractivity contribution in [1.29, 1.82) is 0 Å². The Bertz CT molecular complexity index is 885. The van der Waals surface area contributed by atoms with Gasteiger partial charge in [-0.25, -0.2) is 0 Å². The van der Waals surface area contributed by atoms with Crippen LogP contribution >= 0.6 is 24.0 Å². The summed E-state index contributed by atoms with van der Waals surface area (Å²) in [5.74, 6) is 1.59. The van der Waals surface area contributed by atoms with E-state index >= 15 is 0 Å². The lowest BCUT2D eigenvalue weighted by Gasteiger charge is -2.29. The molecule has 0 atom stereocenters. The summed E-state index contributed by atoms with van der Waals surface area (Å²) >= 11 is 0. The Balaban J connectivity index is 0.00000320. The molecule has 162 valence electrons. The number of aliphatic imine (C=N–C) groups is 1. The van der Waals surface area contributed by atoms with Crippen LogP contribution in [0.15, 0.2) is 47.5 Å². The number of carbonyl (C=O) groups excluding carboxylic acids is 1. The first-order valence-corrected chi connectivity index (χ1v) is 10.1. The molecule has 7 heteroatoms. The molecular formula is C23H31IN4O2. The highest BCUT2D eigenvalue weighted by Crippen LogP contribution is 2.26. The minimum Gasteiger partial charge on any atom is -0.496 e. The van der Waals surface area contributed by atoms with Crippen LogP contribution < -0.4 is 20.3 Å². The molecule has 30 heavy (non-hydrogen) atoms. The van der Waals surface area contributed by atoms with Crippen LogP contribution in [0.1, 0.15) is 23.1 Å². The number of rotatable bonds is 6. The fraction of sp³-hybridized carbons (Fsp3) is 0.391. The largest absolute Gasteiger partial charge is 0.496 e. The van der Waals surface area contributed by atoms with Crippen LogP contribution in [-0.4, -0.2) is 45.7 Å². The van der Waals surface area contributed by atoms with E-state index in [1.807, 2.05) is 30.0 Å². The number of guanidine groups is 1. The van der Waals surface area contributed by atoms with Gasteiger partial charge in [-0.05, 0) is 55.0 Å². The van der Waals surface area contributed by atoms with Gasteiger partial charge in [0.05, 0.1) is 13.7 Å². The number of para-hydroxylation sites is 1. The van der Waals surface area contributed by atoms with E-state index in [0.717, 1.165) is 42.8 Å². The number of hydrogen-bond donors (Lipinski definition) is 2. The number of nitrogens with one attached hydrogen (secondary N) is 2. The predicted octanol–water partition coefficient (Wildman–Crippen LogP) is 3.31. The Morgan fingerprint density at radius 1 is 1.20 bits per heavy atom. The zero-order valence-electron chi connectivity index (χ0n) is 17.9. The quantitative estimate of drug-likeness (QED) is 0.347. The first-order chi connectivity index (χ1) is 14.1. The molecule has 0 spiro atoms. The molecule has 1 aliphatic heterocycles. The van der Waals surface area contributed by atoms with Crippen LogP contribution in [0.4, 0.5) is 5.69 Å². The maximum absolute atomic E-state index is 12.7. The Morgan fingerprint density at radius 2 is 2.00 bits per heavy atom. The first-order valence-electron chi connectivity index (χ1n) is 10.1. The normalized spacial score (nSPS) is 13.2. The third-order valence-corrected chi connectivity index (χ3v) is 5.22.